The summed E-state index contributed by atoms with van der Waals surface area (Å²) >= 11 is 6.20. The van der Waals surface area contributed by atoms with Gasteiger partial charge in [-0.25, -0.2) is 0 Å². The van der Waals surface area contributed by atoms with Gasteiger partial charge in [0.15, 0.2) is 11.2 Å². The average molecular weight is 379 g/mol. The predicted octanol–water partition coefficient (Wildman–Crippen LogP) is 3.08. The molecular weight excluding hydrogens is 360 g/mol. The first-order valence-corrected chi connectivity index (χ1v) is 8.67. The molecule has 0 aliphatic heterocycles. The van der Waals surface area contributed by atoms with Gasteiger partial charge in [-0.3, -0.25) is 19.2 Å². The number of ketones is 2. The molecule has 0 heterocycles. The molecular formula is C19H19ClO6. The fourth-order valence-electron chi connectivity index (χ4n) is 2.99. The number of carbonyl (C=O) groups is 4. The lowest BCUT2D eigenvalue weighted by molar-refractivity contribution is -0.168. The number of carbonyl (C=O) groups excluding carboxylic acids is 4. The highest BCUT2D eigenvalue weighted by Crippen LogP contribution is 2.43. The highest BCUT2D eigenvalue weighted by atomic mass is 35.5. The summed E-state index contributed by atoms with van der Waals surface area (Å²) in [5.41, 5.74) is -2.27. The summed E-state index contributed by atoms with van der Waals surface area (Å²) in [6, 6.07) is 6.11. The van der Waals surface area contributed by atoms with Crippen molar-refractivity contribution >= 4 is 35.1 Å². The van der Waals surface area contributed by atoms with E-state index in [1.165, 1.54) is 19.1 Å². The van der Waals surface area contributed by atoms with Crippen LogP contribution in [0.5, 0.6) is 0 Å². The maximum Gasteiger partial charge on any atom is 0.328 e. The Morgan fingerprint density at radius 1 is 0.923 bits per heavy atom. The number of Topliss-reactive ketones (excluding diaryl/α,β-unsaturated/α-hetero) is 2. The Hall–Kier alpha value is -2.47. The molecule has 1 aliphatic carbocycles. The van der Waals surface area contributed by atoms with Crippen molar-refractivity contribution in [2.75, 3.05) is 13.2 Å². The van der Waals surface area contributed by atoms with Gasteiger partial charge in [0, 0.05) is 11.1 Å². The van der Waals surface area contributed by atoms with Crippen LogP contribution in [0.2, 0.25) is 0 Å². The lowest BCUT2D eigenvalue weighted by Crippen LogP contribution is -2.47. The second kappa shape index (κ2) is 7.83. The van der Waals surface area contributed by atoms with Gasteiger partial charge >= 0.3 is 11.9 Å². The van der Waals surface area contributed by atoms with Crippen molar-refractivity contribution in [3.63, 3.8) is 0 Å². The first kappa shape index (κ1) is 19.8. The SMILES string of the molecule is CCOC(=O)C(CC)(C(=O)OCC)C1=C(Cl)C(=O)c2ccccc2C1=O. The van der Waals surface area contributed by atoms with Gasteiger partial charge in [0.05, 0.1) is 23.8 Å². The van der Waals surface area contributed by atoms with Crippen LogP contribution < -0.4 is 0 Å². The van der Waals surface area contributed by atoms with E-state index in [2.05, 4.69) is 0 Å². The molecule has 0 amide bonds. The van der Waals surface area contributed by atoms with Gasteiger partial charge in [0.2, 0.25) is 5.78 Å². The van der Waals surface area contributed by atoms with E-state index in [0.29, 0.717) is 0 Å². The van der Waals surface area contributed by atoms with Crippen LogP contribution in [0.25, 0.3) is 0 Å². The van der Waals surface area contributed by atoms with Crippen LogP contribution in [0, 0.1) is 5.41 Å². The van der Waals surface area contributed by atoms with Gasteiger partial charge in [0.25, 0.3) is 0 Å². The Kier molecular flexibility index (Phi) is 5.97. The molecule has 0 saturated heterocycles. The van der Waals surface area contributed by atoms with Gasteiger partial charge < -0.3 is 9.47 Å². The van der Waals surface area contributed by atoms with E-state index in [0.717, 1.165) is 0 Å². The van der Waals surface area contributed by atoms with E-state index in [4.69, 9.17) is 21.1 Å². The highest BCUT2D eigenvalue weighted by molar-refractivity contribution is 6.51. The molecule has 0 bridgehead atoms. The molecule has 7 heteroatoms. The first-order chi connectivity index (χ1) is 12.4. The molecule has 138 valence electrons. The molecule has 0 saturated carbocycles. The molecule has 0 fully saturated rings. The van der Waals surface area contributed by atoms with Gasteiger partial charge in [-0.05, 0) is 20.3 Å². The summed E-state index contributed by atoms with van der Waals surface area (Å²) in [6.07, 6.45) is -0.141. The van der Waals surface area contributed by atoms with Crippen molar-refractivity contribution in [3.8, 4) is 0 Å². The summed E-state index contributed by atoms with van der Waals surface area (Å²) in [7, 11) is 0. The molecule has 0 N–H and O–H groups in total. The predicted molar refractivity (Wildman–Crippen MR) is 94.0 cm³/mol. The lowest BCUT2D eigenvalue weighted by atomic mass is 9.71. The van der Waals surface area contributed by atoms with Gasteiger partial charge in [0.1, 0.15) is 0 Å². The van der Waals surface area contributed by atoms with E-state index < -0.39 is 34.0 Å². The smallest absolute Gasteiger partial charge is 0.328 e. The van der Waals surface area contributed by atoms with E-state index in [1.54, 1.807) is 26.0 Å². The number of hydrogen-bond donors (Lipinski definition) is 0. The number of hydrogen-bond acceptors (Lipinski definition) is 6. The summed E-state index contributed by atoms with van der Waals surface area (Å²) in [5.74, 6) is -3.21. The fraction of sp³-hybridized carbons (Fsp3) is 0.368. The second-order valence-electron chi connectivity index (χ2n) is 5.59. The zero-order valence-electron chi connectivity index (χ0n) is 14.8. The molecule has 0 unspecified atom stereocenters. The second-order valence-corrected chi connectivity index (χ2v) is 5.97. The summed E-state index contributed by atoms with van der Waals surface area (Å²) in [4.78, 5) is 51.2. The minimum atomic E-state index is -2.09. The molecule has 1 aromatic rings. The average Bonchev–Trinajstić information content (AvgIpc) is 2.63. The minimum Gasteiger partial charge on any atom is -0.465 e. The molecule has 26 heavy (non-hydrogen) atoms. The normalized spacial score (nSPS) is 14.2. The third-order valence-corrected chi connectivity index (χ3v) is 4.63. The van der Waals surface area contributed by atoms with Crippen LogP contribution in [0.3, 0.4) is 0 Å². The molecule has 0 aromatic heterocycles. The summed E-state index contributed by atoms with van der Waals surface area (Å²) in [5, 5.41) is -0.461. The first-order valence-electron chi connectivity index (χ1n) is 8.29. The van der Waals surface area contributed by atoms with E-state index in [1.807, 2.05) is 0 Å². The molecule has 1 aliphatic rings. The minimum absolute atomic E-state index is 0.0103. The largest absolute Gasteiger partial charge is 0.465 e. The monoisotopic (exact) mass is 378 g/mol. The maximum absolute atomic E-state index is 13.1. The Morgan fingerprint density at radius 2 is 1.38 bits per heavy atom. The van der Waals surface area contributed by atoms with Crippen LogP contribution in [-0.4, -0.2) is 36.7 Å². The van der Waals surface area contributed by atoms with Crippen molar-refractivity contribution < 1.29 is 28.7 Å². The zero-order valence-corrected chi connectivity index (χ0v) is 15.5. The molecule has 0 radical (unpaired) electrons. The Labute approximate surface area is 156 Å². The van der Waals surface area contributed by atoms with Crippen molar-refractivity contribution in [2.24, 2.45) is 5.41 Å². The number of benzene rings is 1. The van der Waals surface area contributed by atoms with Crippen LogP contribution in [0.4, 0.5) is 0 Å². The van der Waals surface area contributed by atoms with Crippen LogP contribution in [0.1, 0.15) is 47.9 Å². The van der Waals surface area contributed by atoms with E-state index in [9.17, 15) is 19.2 Å². The standard InChI is InChI=1S/C19H19ClO6/c1-4-19(17(23)25-5-2,18(24)26-6-3)13-14(20)16(22)12-10-8-7-9-11(12)15(13)21/h7-10H,4-6H2,1-3H3. The van der Waals surface area contributed by atoms with Crippen LogP contribution in [-0.2, 0) is 19.1 Å². The van der Waals surface area contributed by atoms with E-state index in [-0.39, 0.29) is 36.3 Å². The molecule has 2 rings (SSSR count). The van der Waals surface area contributed by atoms with Crippen molar-refractivity contribution in [2.45, 2.75) is 27.2 Å². The Bertz CT molecular complexity index is 790. The number of fused-ring (bicyclic) bond motifs is 1. The number of ether oxygens (including phenoxy) is 2. The van der Waals surface area contributed by atoms with Crippen molar-refractivity contribution in [1.29, 1.82) is 0 Å². The lowest BCUT2D eigenvalue weighted by Gasteiger charge is -2.32. The summed E-state index contributed by atoms with van der Waals surface area (Å²) in [6.45, 7) is 4.65. The molecule has 1 aromatic carbocycles. The third-order valence-electron chi connectivity index (χ3n) is 4.27. The number of halogens is 1. The fourth-order valence-corrected chi connectivity index (χ4v) is 3.34. The molecule has 0 spiro atoms. The van der Waals surface area contributed by atoms with Crippen LogP contribution >= 0.6 is 11.6 Å². The number of rotatable bonds is 6. The van der Waals surface area contributed by atoms with E-state index >= 15 is 0 Å². The third kappa shape index (κ3) is 2.94. The molecule has 0 atom stereocenters. The highest BCUT2D eigenvalue weighted by Gasteiger charge is 2.56. The topological polar surface area (TPSA) is 86.7 Å². The Morgan fingerprint density at radius 3 is 1.81 bits per heavy atom. The van der Waals surface area contributed by atoms with Gasteiger partial charge in [-0.15, -0.1) is 0 Å². The molecule has 6 nitrogen and oxygen atoms in total. The number of allylic oxidation sites excluding steroid dienone is 1. The van der Waals surface area contributed by atoms with Crippen molar-refractivity contribution in [3.05, 3.63) is 46.0 Å². The number of esters is 2. The zero-order chi connectivity index (χ0) is 19.5. The van der Waals surface area contributed by atoms with Crippen molar-refractivity contribution in [1.82, 2.24) is 0 Å². The van der Waals surface area contributed by atoms with Gasteiger partial charge in [-0.1, -0.05) is 42.8 Å². The Balaban J connectivity index is 2.77. The van der Waals surface area contributed by atoms with Crippen LogP contribution in [0.15, 0.2) is 34.9 Å². The summed E-state index contributed by atoms with van der Waals surface area (Å²) < 4.78 is 10.1. The maximum atomic E-state index is 13.1. The quantitative estimate of drug-likeness (QED) is 0.558. The van der Waals surface area contributed by atoms with Gasteiger partial charge in [-0.2, -0.15) is 0 Å².